The molecule has 0 saturated heterocycles. The maximum Gasteiger partial charge on any atom is 0.165 e. The van der Waals surface area contributed by atoms with Crippen molar-refractivity contribution in [1.82, 2.24) is 0 Å². The van der Waals surface area contributed by atoms with Gasteiger partial charge in [0.05, 0.1) is 0 Å². The fourth-order valence-electron chi connectivity index (χ4n) is 3.98. The molecule has 0 aliphatic heterocycles. The SMILES string of the molecule is CN=C(C)c1cc(C(=O)C2CCCC(c3ccccc3)C2)ccc1C. The van der Waals surface area contributed by atoms with E-state index in [0.29, 0.717) is 11.7 Å². The average Bonchev–Trinajstić information content (AvgIpc) is 2.68. The Hall–Kier alpha value is -2.22. The van der Waals surface area contributed by atoms with Gasteiger partial charge >= 0.3 is 0 Å². The minimum absolute atomic E-state index is 0.133. The number of hydrogen-bond acceptors (Lipinski definition) is 2. The van der Waals surface area contributed by atoms with E-state index < -0.39 is 0 Å². The zero-order valence-corrected chi connectivity index (χ0v) is 15.5. The van der Waals surface area contributed by atoms with Gasteiger partial charge in [-0.1, -0.05) is 48.9 Å². The Kier molecular flexibility index (Phi) is 5.47. The van der Waals surface area contributed by atoms with Gasteiger partial charge in [-0.05, 0) is 61.8 Å². The Labute approximate surface area is 151 Å². The van der Waals surface area contributed by atoms with Crippen molar-refractivity contribution in [3.05, 3.63) is 70.8 Å². The van der Waals surface area contributed by atoms with Crippen LogP contribution in [0, 0.1) is 12.8 Å². The molecule has 1 fully saturated rings. The molecule has 1 saturated carbocycles. The summed E-state index contributed by atoms with van der Waals surface area (Å²) in [4.78, 5) is 17.4. The zero-order valence-electron chi connectivity index (χ0n) is 15.5. The minimum atomic E-state index is 0.133. The Morgan fingerprint density at radius 1 is 1.08 bits per heavy atom. The van der Waals surface area contributed by atoms with E-state index in [9.17, 15) is 4.79 Å². The molecule has 2 unspecified atom stereocenters. The van der Waals surface area contributed by atoms with E-state index in [2.05, 4.69) is 48.3 Å². The molecule has 130 valence electrons. The molecule has 2 aromatic carbocycles. The summed E-state index contributed by atoms with van der Waals surface area (Å²) < 4.78 is 0. The van der Waals surface area contributed by atoms with Crippen LogP contribution in [0.3, 0.4) is 0 Å². The molecule has 0 radical (unpaired) electrons. The van der Waals surface area contributed by atoms with Crippen LogP contribution in [0.25, 0.3) is 0 Å². The lowest BCUT2D eigenvalue weighted by molar-refractivity contribution is 0.0881. The molecule has 1 aliphatic carbocycles. The molecular weight excluding hydrogens is 306 g/mol. The van der Waals surface area contributed by atoms with E-state index >= 15 is 0 Å². The van der Waals surface area contributed by atoms with Gasteiger partial charge in [-0.2, -0.15) is 0 Å². The van der Waals surface area contributed by atoms with Crippen LogP contribution in [0.15, 0.2) is 53.5 Å². The Morgan fingerprint density at radius 3 is 2.56 bits per heavy atom. The maximum absolute atomic E-state index is 13.1. The number of Topliss-reactive ketones (excluding diaryl/α,β-unsaturated/α-hetero) is 1. The van der Waals surface area contributed by atoms with Crippen molar-refractivity contribution in [2.75, 3.05) is 7.05 Å². The predicted molar refractivity (Wildman–Crippen MR) is 105 cm³/mol. The second kappa shape index (κ2) is 7.77. The summed E-state index contributed by atoms with van der Waals surface area (Å²) in [7, 11) is 1.80. The third-order valence-electron chi connectivity index (χ3n) is 5.56. The predicted octanol–water partition coefficient (Wildman–Crippen LogP) is 5.59. The molecular formula is C23H27NO. The van der Waals surface area contributed by atoms with Crippen molar-refractivity contribution < 1.29 is 4.79 Å². The highest BCUT2D eigenvalue weighted by Crippen LogP contribution is 2.37. The average molecular weight is 333 g/mol. The van der Waals surface area contributed by atoms with Gasteiger partial charge in [0.2, 0.25) is 0 Å². The summed E-state index contributed by atoms with van der Waals surface area (Å²) >= 11 is 0. The normalized spacial score (nSPS) is 21.2. The molecule has 0 N–H and O–H groups in total. The lowest BCUT2D eigenvalue weighted by Gasteiger charge is -2.28. The van der Waals surface area contributed by atoms with E-state index in [1.54, 1.807) is 7.05 Å². The first-order valence-electron chi connectivity index (χ1n) is 9.23. The van der Waals surface area contributed by atoms with Crippen LogP contribution in [0.1, 0.15) is 65.6 Å². The van der Waals surface area contributed by atoms with Crippen molar-refractivity contribution in [2.45, 2.75) is 45.4 Å². The van der Waals surface area contributed by atoms with Crippen LogP contribution in [-0.2, 0) is 0 Å². The number of carbonyl (C=O) groups excluding carboxylic acids is 1. The van der Waals surface area contributed by atoms with Crippen LogP contribution in [0.4, 0.5) is 0 Å². The number of ketones is 1. The van der Waals surface area contributed by atoms with Crippen LogP contribution < -0.4 is 0 Å². The highest BCUT2D eigenvalue weighted by atomic mass is 16.1. The van der Waals surface area contributed by atoms with Gasteiger partial charge in [0.15, 0.2) is 5.78 Å². The molecule has 0 bridgehead atoms. The summed E-state index contributed by atoms with van der Waals surface area (Å²) in [5.41, 5.74) is 5.45. The number of nitrogens with zero attached hydrogens (tertiary/aromatic N) is 1. The zero-order chi connectivity index (χ0) is 17.8. The summed E-state index contributed by atoms with van der Waals surface area (Å²) in [5, 5.41) is 0. The smallest absolute Gasteiger partial charge is 0.165 e. The summed E-state index contributed by atoms with van der Waals surface area (Å²) in [6, 6.07) is 16.7. The van der Waals surface area contributed by atoms with Gasteiger partial charge < -0.3 is 0 Å². The summed E-state index contributed by atoms with van der Waals surface area (Å²) in [6.07, 6.45) is 4.29. The lowest BCUT2D eigenvalue weighted by atomic mass is 9.75. The molecule has 2 aromatic rings. The van der Waals surface area contributed by atoms with E-state index in [1.807, 2.05) is 19.1 Å². The van der Waals surface area contributed by atoms with E-state index in [-0.39, 0.29) is 5.92 Å². The van der Waals surface area contributed by atoms with Crippen LogP contribution >= 0.6 is 0 Å². The number of carbonyl (C=O) groups is 1. The number of aliphatic imine (C=N–C) groups is 1. The van der Waals surface area contributed by atoms with Crippen LogP contribution in [-0.4, -0.2) is 18.5 Å². The van der Waals surface area contributed by atoms with Gasteiger partial charge in [0, 0.05) is 24.2 Å². The molecule has 0 heterocycles. The highest BCUT2D eigenvalue weighted by Gasteiger charge is 2.28. The van der Waals surface area contributed by atoms with E-state index in [0.717, 1.165) is 36.1 Å². The molecule has 1 aliphatic rings. The molecule has 0 spiro atoms. The maximum atomic E-state index is 13.1. The van der Waals surface area contributed by atoms with Crippen molar-refractivity contribution in [3.63, 3.8) is 0 Å². The number of rotatable bonds is 4. The largest absolute Gasteiger partial charge is 0.294 e. The molecule has 2 nitrogen and oxygen atoms in total. The topological polar surface area (TPSA) is 29.4 Å². The lowest BCUT2D eigenvalue weighted by Crippen LogP contribution is -2.22. The standard InChI is InChI=1S/C23H27NO/c1-16-12-13-21(15-22(16)17(2)24-3)23(25)20-11-7-10-19(14-20)18-8-5-4-6-9-18/h4-6,8-9,12-13,15,19-20H,7,10-11,14H2,1-3H3. The third-order valence-corrected chi connectivity index (χ3v) is 5.56. The first kappa shape index (κ1) is 17.6. The van der Waals surface area contributed by atoms with Crippen molar-refractivity contribution >= 4 is 11.5 Å². The Morgan fingerprint density at radius 2 is 1.84 bits per heavy atom. The molecule has 2 heteroatoms. The Bertz CT molecular complexity index is 776. The van der Waals surface area contributed by atoms with Crippen LogP contribution in [0.5, 0.6) is 0 Å². The highest BCUT2D eigenvalue weighted by molar-refractivity contribution is 6.04. The Balaban J connectivity index is 1.81. The fourth-order valence-corrected chi connectivity index (χ4v) is 3.98. The fraction of sp³-hybridized carbons (Fsp3) is 0.391. The van der Waals surface area contributed by atoms with E-state index in [4.69, 9.17) is 0 Å². The molecule has 0 aromatic heterocycles. The summed E-state index contributed by atoms with van der Waals surface area (Å²) in [6.45, 7) is 4.08. The van der Waals surface area contributed by atoms with Gasteiger partial charge in [-0.3, -0.25) is 9.79 Å². The van der Waals surface area contributed by atoms with E-state index in [1.165, 1.54) is 17.5 Å². The second-order valence-electron chi connectivity index (χ2n) is 7.17. The third kappa shape index (κ3) is 3.89. The summed E-state index contributed by atoms with van der Waals surface area (Å²) in [5.74, 6) is 0.937. The van der Waals surface area contributed by atoms with Gasteiger partial charge in [-0.15, -0.1) is 0 Å². The molecule has 3 rings (SSSR count). The van der Waals surface area contributed by atoms with Crippen molar-refractivity contribution in [2.24, 2.45) is 10.9 Å². The molecule has 0 amide bonds. The quantitative estimate of drug-likeness (QED) is 0.529. The monoisotopic (exact) mass is 333 g/mol. The number of aryl methyl sites for hydroxylation is 1. The first-order chi connectivity index (χ1) is 12.1. The van der Waals surface area contributed by atoms with Crippen molar-refractivity contribution in [3.8, 4) is 0 Å². The minimum Gasteiger partial charge on any atom is -0.294 e. The van der Waals surface area contributed by atoms with Crippen LogP contribution in [0.2, 0.25) is 0 Å². The van der Waals surface area contributed by atoms with Gasteiger partial charge in [0.1, 0.15) is 0 Å². The van der Waals surface area contributed by atoms with Gasteiger partial charge in [0.25, 0.3) is 0 Å². The number of hydrogen-bond donors (Lipinski definition) is 0. The molecule has 25 heavy (non-hydrogen) atoms. The molecule has 2 atom stereocenters. The second-order valence-corrected chi connectivity index (χ2v) is 7.17. The van der Waals surface area contributed by atoms with Gasteiger partial charge in [-0.25, -0.2) is 0 Å². The van der Waals surface area contributed by atoms with Crippen molar-refractivity contribution in [1.29, 1.82) is 0 Å². The first-order valence-corrected chi connectivity index (χ1v) is 9.23. The number of benzene rings is 2.